The van der Waals surface area contributed by atoms with E-state index in [9.17, 15) is 14.4 Å². The predicted molar refractivity (Wildman–Crippen MR) is 84.0 cm³/mol. The monoisotopic (exact) mass is 310 g/mol. The summed E-state index contributed by atoms with van der Waals surface area (Å²) in [4.78, 5) is 41.0. The van der Waals surface area contributed by atoms with Crippen LogP contribution in [0.3, 0.4) is 0 Å². The van der Waals surface area contributed by atoms with Crippen molar-refractivity contribution in [1.29, 1.82) is 0 Å². The molecule has 0 spiro atoms. The van der Waals surface area contributed by atoms with Crippen LogP contribution in [0.5, 0.6) is 0 Å². The molecule has 2 amide bonds. The first-order valence-electron chi connectivity index (χ1n) is 6.92. The second-order valence-electron chi connectivity index (χ2n) is 5.01. The fraction of sp³-hybridized carbons (Fsp3) is 0.0625. The fourth-order valence-corrected chi connectivity index (χ4v) is 2.24. The number of hydrogen-bond donors (Lipinski definition) is 4. The molecule has 0 fully saturated rings. The number of hydrogen-bond acceptors (Lipinski definition) is 3. The molecular formula is C16H14N4O3. The van der Waals surface area contributed by atoms with Crippen LogP contribution in [0.1, 0.15) is 38.1 Å². The first-order chi connectivity index (χ1) is 11.1. The van der Waals surface area contributed by atoms with E-state index < -0.39 is 11.8 Å². The molecule has 23 heavy (non-hydrogen) atoms. The highest BCUT2D eigenvalue weighted by atomic mass is 16.2. The minimum absolute atomic E-state index is 0.150. The van der Waals surface area contributed by atoms with Crippen LogP contribution in [0, 0.1) is 0 Å². The van der Waals surface area contributed by atoms with E-state index in [1.54, 1.807) is 6.20 Å². The van der Waals surface area contributed by atoms with Gasteiger partial charge in [-0.1, -0.05) is 18.2 Å². The third-order valence-corrected chi connectivity index (χ3v) is 3.46. The molecule has 0 radical (unpaired) electrons. The van der Waals surface area contributed by atoms with Crippen LogP contribution in [0.25, 0.3) is 10.9 Å². The number of hydrazine groups is 1. The second kappa shape index (κ2) is 5.80. The minimum atomic E-state index is -0.536. The lowest BCUT2D eigenvalue weighted by molar-refractivity contribution is 0.0845. The van der Waals surface area contributed by atoms with Crippen LogP contribution in [0.2, 0.25) is 0 Å². The molecule has 0 unspecified atom stereocenters. The average Bonchev–Trinajstić information content (AvgIpc) is 3.19. The van der Waals surface area contributed by atoms with Crippen molar-refractivity contribution in [1.82, 2.24) is 20.8 Å². The van der Waals surface area contributed by atoms with E-state index in [0.29, 0.717) is 11.1 Å². The van der Waals surface area contributed by atoms with Gasteiger partial charge in [-0.05, 0) is 19.1 Å². The van der Waals surface area contributed by atoms with Gasteiger partial charge in [0.2, 0.25) is 0 Å². The van der Waals surface area contributed by atoms with Gasteiger partial charge in [0.15, 0.2) is 5.78 Å². The summed E-state index contributed by atoms with van der Waals surface area (Å²) in [6.45, 7) is 1.41. The molecule has 0 saturated heterocycles. The number of Topliss-reactive ketones (excluding diaryl/α,β-unsaturated/α-hetero) is 1. The summed E-state index contributed by atoms with van der Waals surface area (Å²) in [5.74, 6) is -1.12. The van der Waals surface area contributed by atoms with Gasteiger partial charge in [0.1, 0.15) is 5.69 Å². The predicted octanol–water partition coefficient (Wildman–Crippen LogP) is 1.77. The zero-order valence-corrected chi connectivity index (χ0v) is 12.3. The van der Waals surface area contributed by atoms with E-state index in [1.165, 1.54) is 19.2 Å². The van der Waals surface area contributed by atoms with E-state index in [1.807, 2.05) is 24.3 Å². The fourth-order valence-electron chi connectivity index (χ4n) is 2.24. The maximum atomic E-state index is 12.2. The van der Waals surface area contributed by atoms with Gasteiger partial charge in [-0.3, -0.25) is 25.2 Å². The quantitative estimate of drug-likeness (QED) is 0.437. The molecule has 0 saturated carbocycles. The summed E-state index contributed by atoms with van der Waals surface area (Å²) >= 11 is 0. The van der Waals surface area contributed by atoms with Crippen molar-refractivity contribution in [3.63, 3.8) is 0 Å². The van der Waals surface area contributed by atoms with Crippen LogP contribution in [0.15, 0.2) is 42.7 Å². The Bertz CT molecular complexity index is 907. The number of benzene rings is 1. The normalized spacial score (nSPS) is 10.5. The summed E-state index contributed by atoms with van der Waals surface area (Å²) < 4.78 is 0. The highest BCUT2D eigenvalue weighted by molar-refractivity contribution is 6.07. The Morgan fingerprint density at radius 1 is 0.957 bits per heavy atom. The molecule has 4 N–H and O–H groups in total. The van der Waals surface area contributed by atoms with E-state index in [4.69, 9.17) is 0 Å². The van der Waals surface area contributed by atoms with E-state index in [0.717, 1.165) is 10.9 Å². The summed E-state index contributed by atoms with van der Waals surface area (Å²) in [6, 6.07) is 8.78. The van der Waals surface area contributed by atoms with Crippen molar-refractivity contribution in [3.8, 4) is 0 Å². The summed E-state index contributed by atoms with van der Waals surface area (Å²) in [5, 5.41) is 0.762. The molecule has 0 atom stereocenters. The summed E-state index contributed by atoms with van der Waals surface area (Å²) in [7, 11) is 0. The number of aromatic amines is 2. The highest BCUT2D eigenvalue weighted by Gasteiger charge is 2.14. The van der Waals surface area contributed by atoms with Gasteiger partial charge in [-0.15, -0.1) is 0 Å². The van der Waals surface area contributed by atoms with Gasteiger partial charge >= 0.3 is 0 Å². The van der Waals surface area contributed by atoms with Crippen molar-refractivity contribution >= 4 is 28.5 Å². The third kappa shape index (κ3) is 2.84. The smallest absolute Gasteiger partial charge is 0.286 e. The molecule has 0 aliphatic rings. The SMILES string of the molecule is CC(=O)c1c[nH]c(C(=O)NNC(=O)c2c[nH]c3ccccc23)c1. The Kier molecular flexibility index (Phi) is 3.68. The topological polar surface area (TPSA) is 107 Å². The van der Waals surface area contributed by atoms with Gasteiger partial charge in [0.25, 0.3) is 11.8 Å². The summed E-state index contributed by atoms with van der Waals surface area (Å²) in [6.07, 6.45) is 3.02. The van der Waals surface area contributed by atoms with Gasteiger partial charge in [-0.25, -0.2) is 0 Å². The minimum Gasteiger partial charge on any atom is -0.360 e. The van der Waals surface area contributed by atoms with Gasteiger partial charge in [0, 0.05) is 28.9 Å². The van der Waals surface area contributed by atoms with Crippen LogP contribution in [-0.4, -0.2) is 27.6 Å². The Hall–Kier alpha value is -3.35. The molecule has 0 bridgehead atoms. The van der Waals surface area contributed by atoms with Crippen molar-refractivity contribution in [3.05, 3.63) is 59.5 Å². The van der Waals surface area contributed by atoms with Gasteiger partial charge < -0.3 is 9.97 Å². The number of nitrogens with one attached hydrogen (secondary N) is 4. The number of amides is 2. The van der Waals surface area contributed by atoms with Crippen molar-refractivity contribution in [2.75, 3.05) is 0 Å². The maximum absolute atomic E-state index is 12.2. The Balaban J connectivity index is 1.68. The first-order valence-corrected chi connectivity index (χ1v) is 6.92. The number of ketones is 1. The lowest BCUT2D eigenvalue weighted by Gasteiger charge is -2.05. The molecular weight excluding hydrogens is 296 g/mol. The third-order valence-electron chi connectivity index (χ3n) is 3.46. The number of aromatic nitrogens is 2. The number of H-pyrrole nitrogens is 2. The molecule has 2 aromatic heterocycles. The molecule has 1 aromatic carbocycles. The number of fused-ring (bicyclic) bond motifs is 1. The van der Waals surface area contributed by atoms with Crippen LogP contribution >= 0.6 is 0 Å². The lowest BCUT2D eigenvalue weighted by Crippen LogP contribution is -2.41. The number of carbonyl (C=O) groups is 3. The molecule has 7 nitrogen and oxygen atoms in total. The molecule has 116 valence electrons. The van der Waals surface area contributed by atoms with Crippen molar-refractivity contribution in [2.45, 2.75) is 6.92 Å². The lowest BCUT2D eigenvalue weighted by atomic mass is 10.2. The van der Waals surface area contributed by atoms with Gasteiger partial charge in [0.05, 0.1) is 5.56 Å². The Morgan fingerprint density at radius 3 is 2.43 bits per heavy atom. The molecule has 0 aliphatic heterocycles. The van der Waals surface area contributed by atoms with Crippen molar-refractivity contribution < 1.29 is 14.4 Å². The highest BCUT2D eigenvalue weighted by Crippen LogP contribution is 2.17. The van der Waals surface area contributed by atoms with Crippen LogP contribution in [0.4, 0.5) is 0 Å². The molecule has 0 aliphatic carbocycles. The Morgan fingerprint density at radius 2 is 1.70 bits per heavy atom. The second-order valence-corrected chi connectivity index (χ2v) is 5.01. The van der Waals surface area contributed by atoms with Crippen molar-refractivity contribution in [2.24, 2.45) is 0 Å². The van der Waals surface area contributed by atoms with E-state index in [-0.39, 0.29) is 11.5 Å². The largest absolute Gasteiger partial charge is 0.360 e. The molecule has 3 aromatic rings. The van der Waals surface area contributed by atoms with Crippen LogP contribution < -0.4 is 10.9 Å². The Labute approximate surface area is 131 Å². The molecule has 3 rings (SSSR count). The summed E-state index contributed by atoms with van der Waals surface area (Å²) in [5.41, 5.74) is 6.51. The zero-order chi connectivity index (χ0) is 16.4. The molecule has 7 heteroatoms. The number of carbonyl (C=O) groups excluding carboxylic acids is 3. The number of rotatable bonds is 3. The van der Waals surface area contributed by atoms with Crippen LogP contribution in [-0.2, 0) is 0 Å². The maximum Gasteiger partial charge on any atom is 0.286 e. The van der Waals surface area contributed by atoms with E-state index in [2.05, 4.69) is 20.8 Å². The number of para-hydroxylation sites is 1. The zero-order valence-electron chi connectivity index (χ0n) is 12.3. The van der Waals surface area contributed by atoms with Gasteiger partial charge in [-0.2, -0.15) is 0 Å². The first kappa shape index (κ1) is 14.6. The molecule has 2 heterocycles. The average molecular weight is 310 g/mol. The van der Waals surface area contributed by atoms with E-state index >= 15 is 0 Å². The standard InChI is InChI=1S/C16H14N4O3/c1-9(21)10-6-14(17-7-10)16(23)20-19-15(22)12-8-18-13-5-3-2-4-11(12)13/h2-8,17-18H,1H3,(H,19,22)(H,20,23).